The van der Waals surface area contributed by atoms with Crippen LogP contribution in [0.1, 0.15) is 29.5 Å². The second-order valence-electron chi connectivity index (χ2n) is 5.64. The number of aldehydes is 1. The first kappa shape index (κ1) is 16.0. The van der Waals surface area contributed by atoms with Crippen LogP contribution in [0.15, 0.2) is 48.0 Å². The van der Waals surface area contributed by atoms with Crippen LogP contribution >= 0.6 is 0 Å². The number of carbonyl (C=O) groups excluding carboxylic acids is 1. The van der Waals surface area contributed by atoms with Gasteiger partial charge in [0, 0.05) is 17.6 Å². The number of halogens is 1. The van der Waals surface area contributed by atoms with Crippen molar-refractivity contribution < 1.29 is 13.9 Å². The number of benzene rings is 2. The van der Waals surface area contributed by atoms with Gasteiger partial charge in [0.05, 0.1) is 5.56 Å². The van der Waals surface area contributed by atoms with E-state index in [-0.39, 0.29) is 6.61 Å². The van der Waals surface area contributed by atoms with Crippen molar-refractivity contribution in [3.8, 4) is 17.6 Å². The standard InChI is InChI=1S/C21H17FO2/c22-20-12-17(13-21-19(20)11-18(14-23)15-24-21)10-6-2-5-9-16-7-3-1-4-8-16/h1,3-4,7-8,11-14H,2,5,9,15H2. The number of aryl methyl sites for hydroxylation is 1. The normalized spacial score (nSPS) is 12.3. The van der Waals surface area contributed by atoms with E-state index >= 15 is 0 Å². The molecule has 0 saturated carbocycles. The molecule has 2 nitrogen and oxygen atoms in total. The SMILES string of the molecule is O=CC1=Cc2c(F)cc(C#CCCCc3ccccc3)cc2OC1. The Kier molecular flexibility index (Phi) is 5.08. The molecule has 1 aliphatic rings. The molecule has 2 aromatic carbocycles. The first-order valence-corrected chi connectivity index (χ1v) is 7.91. The molecule has 0 amide bonds. The molecule has 1 aliphatic heterocycles. The van der Waals surface area contributed by atoms with Crippen molar-refractivity contribution in [3.05, 3.63) is 70.5 Å². The highest BCUT2D eigenvalue weighted by molar-refractivity contribution is 5.84. The van der Waals surface area contributed by atoms with Crippen LogP contribution in [0.25, 0.3) is 6.08 Å². The third-order valence-corrected chi connectivity index (χ3v) is 3.81. The Morgan fingerprint density at radius 2 is 2.04 bits per heavy atom. The van der Waals surface area contributed by atoms with E-state index in [4.69, 9.17) is 4.74 Å². The number of rotatable bonds is 4. The van der Waals surface area contributed by atoms with Crippen LogP contribution in [0.3, 0.4) is 0 Å². The van der Waals surface area contributed by atoms with E-state index in [1.807, 2.05) is 18.2 Å². The lowest BCUT2D eigenvalue weighted by Crippen LogP contribution is -2.09. The molecule has 3 rings (SSSR count). The predicted octanol–water partition coefficient (Wildman–Crippen LogP) is 4.17. The Balaban J connectivity index is 1.64. The second kappa shape index (κ2) is 7.61. The second-order valence-corrected chi connectivity index (χ2v) is 5.64. The van der Waals surface area contributed by atoms with E-state index in [2.05, 4.69) is 24.0 Å². The lowest BCUT2D eigenvalue weighted by Gasteiger charge is -2.15. The predicted molar refractivity (Wildman–Crippen MR) is 92.2 cm³/mol. The van der Waals surface area contributed by atoms with Crippen LogP contribution < -0.4 is 4.74 Å². The average Bonchev–Trinajstić information content (AvgIpc) is 2.62. The van der Waals surface area contributed by atoms with Crippen LogP contribution in [0.2, 0.25) is 0 Å². The van der Waals surface area contributed by atoms with Crippen LogP contribution in [-0.4, -0.2) is 12.9 Å². The molecule has 0 spiro atoms. The third kappa shape index (κ3) is 3.91. The van der Waals surface area contributed by atoms with Gasteiger partial charge in [-0.05, 0) is 36.6 Å². The van der Waals surface area contributed by atoms with Gasteiger partial charge in [-0.1, -0.05) is 42.2 Å². The van der Waals surface area contributed by atoms with Crippen molar-refractivity contribution in [2.45, 2.75) is 19.3 Å². The van der Waals surface area contributed by atoms with Gasteiger partial charge in [0.15, 0.2) is 0 Å². The lowest BCUT2D eigenvalue weighted by atomic mass is 10.0. The molecule has 0 atom stereocenters. The monoisotopic (exact) mass is 320 g/mol. The van der Waals surface area contributed by atoms with E-state index in [1.54, 1.807) is 6.07 Å². The van der Waals surface area contributed by atoms with Crippen molar-refractivity contribution in [1.29, 1.82) is 0 Å². The zero-order valence-corrected chi connectivity index (χ0v) is 13.2. The smallest absolute Gasteiger partial charge is 0.149 e. The summed E-state index contributed by atoms with van der Waals surface area (Å²) in [7, 11) is 0. The summed E-state index contributed by atoms with van der Waals surface area (Å²) in [6, 6.07) is 13.4. The Labute approximate surface area is 141 Å². The summed E-state index contributed by atoms with van der Waals surface area (Å²) < 4.78 is 19.6. The minimum Gasteiger partial charge on any atom is -0.488 e. The van der Waals surface area contributed by atoms with Gasteiger partial charge in [-0.15, -0.1) is 0 Å². The summed E-state index contributed by atoms with van der Waals surface area (Å²) in [5.74, 6) is 6.09. The number of carbonyl (C=O) groups is 1. The van der Waals surface area contributed by atoms with E-state index in [9.17, 15) is 9.18 Å². The van der Waals surface area contributed by atoms with E-state index in [1.165, 1.54) is 17.7 Å². The molecule has 0 fully saturated rings. The Morgan fingerprint density at radius 3 is 2.83 bits per heavy atom. The molecule has 0 unspecified atom stereocenters. The fraction of sp³-hybridized carbons (Fsp3) is 0.190. The highest BCUT2D eigenvalue weighted by atomic mass is 19.1. The molecular weight excluding hydrogens is 303 g/mol. The van der Waals surface area contributed by atoms with Gasteiger partial charge in [0.1, 0.15) is 24.5 Å². The van der Waals surface area contributed by atoms with Gasteiger partial charge in [-0.25, -0.2) is 4.39 Å². The molecule has 0 radical (unpaired) electrons. The molecule has 0 aliphatic carbocycles. The van der Waals surface area contributed by atoms with Crippen LogP contribution in [0.4, 0.5) is 4.39 Å². The maximum Gasteiger partial charge on any atom is 0.149 e. The van der Waals surface area contributed by atoms with Crippen LogP contribution in [0, 0.1) is 17.7 Å². The molecule has 0 saturated heterocycles. The highest BCUT2D eigenvalue weighted by Crippen LogP contribution is 2.29. The summed E-state index contributed by atoms with van der Waals surface area (Å²) in [5, 5.41) is 0. The number of ether oxygens (including phenoxy) is 1. The molecule has 1 heterocycles. The topological polar surface area (TPSA) is 26.3 Å². The van der Waals surface area contributed by atoms with Crippen molar-refractivity contribution in [2.24, 2.45) is 0 Å². The van der Waals surface area contributed by atoms with Gasteiger partial charge in [-0.3, -0.25) is 4.79 Å². The molecule has 24 heavy (non-hydrogen) atoms. The minimum absolute atomic E-state index is 0.171. The lowest BCUT2D eigenvalue weighted by molar-refractivity contribution is -0.105. The highest BCUT2D eigenvalue weighted by Gasteiger charge is 2.15. The van der Waals surface area contributed by atoms with E-state index in [0.29, 0.717) is 28.7 Å². The summed E-state index contributed by atoms with van der Waals surface area (Å²) >= 11 is 0. The average molecular weight is 320 g/mol. The Bertz CT molecular complexity index is 826. The van der Waals surface area contributed by atoms with Crippen molar-refractivity contribution in [1.82, 2.24) is 0 Å². The summed E-state index contributed by atoms with van der Waals surface area (Å²) in [4.78, 5) is 10.8. The van der Waals surface area contributed by atoms with E-state index in [0.717, 1.165) is 19.3 Å². The van der Waals surface area contributed by atoms with Crippen LogP contribution in [-0.2, 0) is 11.2 Å². The fourth-order valence-corrected chi connectivity index (χ4v) is 2.57. The molecular formula is C21H17FO2. The fourth-order valence-electron chi connectivity index (χ4n) is 2.57. The van der Waals surface area contributed by atoms with Gasteiger partial charge in [0.25, 0.3) is 0 Å². The number of hydrogen-bond donors (Lipinski definition) is 0. The Morgan fingerprint density at radius 1 is 1.21 bits per heavy atom. The van der Waals surface area contributed by atoms with E-state index < -0.39 is 5.82 Å². The minimum atomic E-state index is -0.417. The molecule has 0 N–H and O–H groups in total. The van der Waals surface area contributed by atoms with Gasteiger partial charge >= 0.3 is 0 Å². The quantitative estimate of drug-likeness (QED) is 0.480. The van der Waals surface area contributed by atoms with Gasteiger partial charge in [0.2, 0.25) is 0 Å². The molecule has 0 aromatic heterocycles. The molecule has 120 valence electrons. The van der Waals surface area contributed by atoms with Crippen molar-refractivity contribution in [3.63, 3.8) is 0 Å². The molecule has 0 bridgehead atoms. The van der Waals surface area contributed by atoms with Crippen LogP contribution in [0.5, 0.6) is 5.75 Å². The van der Waals surface area contributed by atoms with Gasteiger partial charge in [-0.2, -0.15) is 0 Å². The largest absolute Gasteiger partial charge is 0.488 e. The summed E-state index contributed by atoms with van der Waals surface area (Å²) in [6.07, 6.45) is 4.91. The third-order valence-electron chi connectivity index (χ3n) is 3.81. The molecule has 3 heteroatoms. The number of unbranched alkanes of at least 4 members (excludes halogenated alkanes) is 1. The number of hydrogen-bond acceptors (Lipinski definition) is 2. The maximum atomic E-state index is 14.1. The zero-order chi connectivity index (χ0) is 16.8. The van der Waals surface area contributed by atoms with Crippen molar-refractivity contribution >= 4 is 12.4 Å². The Hall–Kier alpha value is -2.86. The summed E-state index contributed by atoms with van der Waals surface area (Å²) in [5.41, 5.74) is 2.64. The van der Waals surface area contributed by atoms with Crippen molar-refractivity contribution in [2.75, 3.05) is 6.61 Å². The molecule has 2 aromatic rings. The number of fused-ring (bicyclic) bond motifs is 1. The zero-order valence-electron chi connectivity index (χ0n) is 13.2. The first-order valence-electron chi connectivity index (χ1n) is 7.91. The first-order chi connectivity index (χ1) is 11.8. The summed E-state index contributed by atoms with van der Waals surface area (Å²) in [6.45, 7) is 0.171. The maximum absolute atomic E-state index is 14.1. The van der Waals surface area contributed by atoms with Gasteiger partial charge < -0.3 is 4.74 Å².